The van der Waals surface area contributed by atoms with Crippen molar-refractivity contribution >= 4 is 42.1 Å². The number of nitrogens with one attached hydrogen (secondary N) is 1. The van der Waals surface area contributed by atoms with Gasteiger partial charge >= 0.3 is 0 Å². The van der Waals surface area contributed by atoms with E-state index in [-0.39, 0.29) is 36.5 Å². The van der Waals surface area contributed by atoms with Gasteiger partial charge in [-0.2, -0.15) is 0 Å². The molecule has 25 heavy (non-hydrogen) atoms. The summed E-state index contributed by atoms with van der Waals surface area (Å²) < 4.78 is 13.3. The van der Waals surface area contributed by atoms with Crippen molar-refractivity contribution in [2.75, 3.05) is 26.7 Å². The third-order valence-corrected chi connectivity index (χ3v) is 5.03. The Kier molecular flexibility index (Phi) is 8.79. The van der Waals surface area contributed by atoms with Gasteiger partial charge in [0.15, 0.2) is 0 Å². The summed E-state index contributed by atoms with van der Waals surface area (Å²) in [6, 6.07) is 6.38. The van der Waals surface area contributed by atoms with Crippen LogP contribution in [0.3, 0.4) is 0 Å². The highest BCUT2D eigenvalue weighted by molar-refractivity contribution is 7.13. The highest BCUT2D eigenvalue weighted by Gasteiger charge is 2.26. The van der Waals surface area contributed by atoms with E-state index in [9.17, 15) is 9.18 Å². The first kappa shape index (κ1) is 21.8. The van der Waals surface area contributed by atoms with Crippen LogP contribution in [0, 0.1) is 11.7 Å². The first-order valence-electron chi connectivity index (χ1n) is 7.78. The Labute approximate surface area is 163 Å². The molecule has 1 N–H and O–H groups in total. The zero-order chi connectivity index (χ0) is 16.2. The molecule has 1 unspecified atom stereocenters. The van der Waals surface area contributed by atoms with Crippen LogP contribution in [-0.4, -0.2) is 42.5 Å². The van der Waals surface area contributed by atoms with Gasteiger partial charge in [0.1, 0.15) is 10.8 Å². The number of aromatic nitrogens is 1. The van der Waals surface area contributed by atoms with Crippen molar-refractivity contribution in [3.8, 4) is 10.6 Å². The second-order valence-corrected chi connectivity index (χ2v) is 6.74. The van der Waals surface area contributed by atoms with Crippen LogP contribution >= 0.6 is 36.2 Å². The Morgan fingerprint density at radius 1 is 1.44 bits per heavy atom. The third kappa shape index (κ3) is 5.64. The number of hydrogen-bond donors (Lipinski definition) is 1. The number of thiazole rings is 1. The molecule has 0 spiro atoms. The van der Waals surface area contributed by atoms with Gasteiger partial charge in [-0.1, -0.05) is 12.1 Å². The Hall–Kier alpha value is -1.21. The van der Waals surface area contributed by atoms with Crippen LogP contribution in [0.25, 0.3) is 10.6 Å². The summed E-state index contributed by atoms with van der Waals surface area (Å²) in [5.74, 6) is 0.393. The zero-order valence-corrected chi connectivity index (χ0v) is 16.4. The van der Waals surface area contributed by atoms with Crippen LogP contribution < -0.4 is 5.32 Å². The summed E-state index contributed by atoms with van der Waals surface area (Å²) in [5, 5.41) is 5.81. The minimum absolute atomic E-state index is 0. The number of likely N-dealkylation sites (tertiary alicyclic amines) is 1. The number of halogens is 3. The number of carbonyl (C=O) groups is 1. The smallest absolute Gasteiger partial charge is 0.228 e. The van der Waals surface area contributed by atoms with Gasteiger partial charge in [0, 0.05) is 24.0 Å². The lowest BCUT2D eigenvalue weighted by Crippen LogP contribution is -2.31. The SMILES string of the molecule is CNCC1CCN(C(=O)Cc2csc(-c3cccc(F)c3)n2)C1.Cl.Cl. The van der Waals surface area contributed by atoms with Crippen molar-refractivity contribution < 1.29 is 9.18 Å². The van der Waals surface area contributed by atoms with Gasteiger partial charge < -0.3 is 10.2 Å². The van der Waals surface area contributed by atoms with Crippen molar-refractivity contribution in [2.24, 2.45) is 5.92 Å². The first-order chi connectivity index (χ1) is 11.2. The fourth-order valence-corrected chi connectivity index (χ4v) is 3.74. The number of hydrogen-bond acceptors (Lipinski definition) is 4. The standard InChI is InChI=1S/C17H20FN3OS.2ClH/c1-19-9-12-5-6-21(10-12)16(22)8-15-11-23-17(20-15)13-3-2-4-14(18)7-13;;/h2-4,7,11-12,19H,5-6,8-10H2,1H3;2*1H. The lowest BCUT2D eigenvalue weighted by molar-refractivity contribution is -0.129. The van der Waals surface area contributed by atoms with Crippen LogP contribution in [0.1, 0.15) is 12.1 Å². The van der Waals surface area contributed by atoms with Crippen LogP contribution in [0.5, 0.6) is 0 Å². The predicted molar refractivity (Wildman–Crippen MR) is 104 cm³/mol. The molecule has 0 saturated carbocycles. The second kappa shape index (κ2) is 10.1. The molecule has 1 amide bonds. The van der Waals surface area contributed by atoms with E-state index in [2.05, 4.69) is 10.3 Å². The van der Waals surface area contributed by atoms with Crippen LogP contribution in [0.2, 0.25) is 0 Å². The van der Waals surface area contributed by atoms with Crippen molar-refractivity contribution in [1.82, 2.24) is 15.2 Å². The van der Waals surface area contributed by atoms with E-state index in [1.54, 1.807) is 6.07 Å². The van der Waals surface area contributed by atoms with E-state index in [1.165, 1.54) is 23.5 Å². The largest absolute Gasteiger partial charge is 0.342 e. The normalized spacial score (nSPS) is 16.2. The predicted octanol–water partition coefficient (Wildman–Crippen LogP) is 3.40. The van der Waals surface area contributed by atoms with Crippen LogP contribution in [0.15, 0.2) is 29.6 Å². The molecule has 8 heteroatoms. The Morgan fingerprint density at radius 3 is 2.96 bits per heavy atom. The molecule has 1 atom stereocenters. The van der Waals surface area contributed by atoms with Gasteiger partial charge in [0.2, 0.25) is 5.91 Å². The maximum absolute atomic E-state index is 13.3. The van der Waals surface area contributed by atoms with Gasteiger partial charge in [0.05, 0.1) is 12.1 Å². The van der Waals surface area contributed by atoms with E-state index in [0.29, 0.717) is 12.3 Å². The minimum Gasteiger partial charge on any atom is -0.342 e. The summed E-state index contributed by atoms with van der Waals surface area (Å²) in [4.78, 5) is 18.8. The lowest BCUT2D eigenvalue weighted by atomic mass is 10.1. The molecule has 3 rings (SSSR count). The van der Waals surface area contributed by atoms with Crippen LogP contribution in [0.4, 0.5) is 4.39 Å². The van der Waals surface area contributed by atoms with Gasteiger partial charge in [-0.05, 0) is 38.1 Å². The molecule has 1 fully saturated rings. The zero-order valence-electron chi connectivity index (χ0n) is 13.9. The molecule has 138 valence electrons. The molecule has 4 nitrogen and oxygen atoms in total. The monoisotopic (exact) mass is 405 g/mol. The Balaban J connectivity index is 0.00000156. The molecule has 2 heterocycles. The molecular weight excluding hydrogens is 384 g/mol. The summed E-state index contributed by atoms with van der Waals surface area (Å²) in [7, 11) is 1.94. The number of carbonyl (C=O) groups excluding carboxylic acids is 1. The van der Waals surface area contributed by atoms with Gasteiger partial charge in [-0.25, -0.2) is 9.37 Å². The average molecular weight is 406 g/mol. The van der Waals surface area contributed by atoms with Crippen molar-refractivity contribution in [3.05, 3.63) is 41.2 Å². The van der Waals surface area contributed by atoms with Crippen molar-refractivity contribution in [1.29, 1.82) is 0 Å². The van der Waals surface area contributed by atoms with Gasteiger partial charge in [-0.15, -0.1) is 36.2 Å². The molecule has 0 radical (unpaired) electrons. The molecule has 0 bridgehead atoms. The molecule has 1 aliphatic heterocycles. The average Bonchev–Trinajstić information content (AvgIpc) is 3.17. The van der Waals surface area contributed by atoms with E-state index in [1.807, 2.05) is 23.4 Å². The molecule has 0 aliphatic carbocycles. The molecule has 1 saturated heterocycles. The van der Waals surface area contributed by atoms with Crippen molar-refractivity contribution in [2.45, 2.75) is 12.8 Å². The second-order valence-electron chi connectivity index (χ2n) is 5.88. The van der Waals surface area contributed by atoms with E-state index in [4.69, 9.17) is 0 Å². The van der Waals surface area contributed by atoms with Crippen LogP contribution in [-0.2, 0) is 11.2 Å². The maximum atomic E-state index is 13.3. The van der Waals surface area contributed by atoms with Crippen molar-refractivity contribution in [3.63, 3.8) is 0 Å². The Morgan fingerprint density at radius 2 is 2.24 bits per heavy atom. The highest BCUT2D eigenvalue weighted by atomic mass is 35.5. The molecule has 1 aliphatic rings. The maximum Gasteiger partial charge on any atom is 0.228 e. The molecular formula is C17H22Cl2FN3OS. The highest BCUT2D eigenvalue weighted by Crippen LogP contribution is 2.25. The minimum atomic E-state index is -0.275. The third-order valence-electron chi connectivity index (χ3n) is 4.09. The van der Waals surface area contributed by atoms with Gasteiger partial charge in [-0.3, -0.25) is 4.79 Å². The van der Waals surface area contributed by atoms with E-state index < -0.39 is 0 Å². The summed E-state index contributed by atoms with van der Waals surface area (Å²) in [6.07, 6.45) is 1.37. The number of nitrogens with zero attached hydrogens (tertiary/aromatic N) is 2. The summed E-state index contributed by atoms with van der Waals surface area (Å²) in [6.45, 7) is 2.59. The fourth-order valence-electron chi connectivity index (χ4n) is 2.92. The Bertz CT molecular complexity index is 698. The summed E-state index contributed by atoms with van der Waals surface area (Å²) >= 11 is 1.45. The van der Waals surface area contributed by atoms with E-state index >= 15 is 0 Å². The van der Waals surface area contributed by atoms with E-state index in [0.717, 1.165) is 42.3 Å². The lowest BCUT2D eigenvalue weighted by Gasteiger charge is -2.15. The van der Waals surface area contributed by atoms with Gasteiger partial charge in [0.25, 0.3) is 0 Å². The quantitative estimate of drug-likeness (QED) is 0.828. The number of rotatable bonds is 5. The summed E-state index contributed by atoms with van der Waals surface area (Å²) in [5.41, 5.74) is 1.51. The topological polar surface area (TPSA) is 45.2 Å². The first-order valence-corrected chi connectivity index (χ1v) is 8.66. The molecule has 1 aromatic heterocycles. The number of amides is 1. The number of benzene rings is 1. The molecule has 2 aromatic rings. The molecule has 1 aromatic carbocycles. The fraction of sp³-hybridized carbons (Fsp3) is 0.412.